The molecule has 0 radical (unpaired) electrons. The fourth-order valence-corrected chi connectivity index (χ4v) is 1.20. The molecular formula is C8H9N5O. The third kappa shape index (κ3) is 1.37. The molecule has 0 aliphatic heterocycles. The quantitative estimate of drug-likeness (QED) is 0.655. The minimum atomic E-state index is -0.219. The molecule has 0 saturated heterocycles. The molecule has 72 valence electrons. The van der Waals surface area contributed by atoms with Gasteiger partial charge in [-0.05, 0) is 6.92 Å². The number of hydrogen-bond donors (Lipinski definition) is 2. The van der Waals surface area contributed by atoms with E-state index in [0.717, 1.165) is 5.69 Å². The van der Waals surface area contributed by atoms with Gasteiger partial charge in [-0.15, -0.1) is 5.10 Å². The molecule has 2 aromatic rings. The zero-order valence-electron chi connectivity index (χ0n) is 7.56. The normalized spacial score (nSPS) is 10.4. The second-order valence-electron chi connectivity index (χ2n) is 2.89. The van der Waals surface area contributed by atoms with E-state index in [4.69, 9.17) is 5.73 Å². The van der Waals surface area contributed by atoms with Crippen LogP contribution < -0.4 is 11.3 Å². The van der Waals surface area contributed by atoms with Crippen molar-refractivity contribution in [3.63, 3.8) is 0 Å². The van der Waals surface area contributed by atoms with Gasteiger partial charge in [0, 0.05) is 17.8 Å². The number of aryl methyl sites for hydroxylation is 1. The molecule has 0 atom stereocenters. The number of anilines is 1. The maximum atomic E-state index is 11.0. The molecule has 6 nitrogen and oxygen atoms in total. The summed E-state index contributed by atoms with van der Waals surface area (Å²) in [5, 5.41) is 4.00. The summed E-state index contributed by atoms with van der Waals surface area (Å²) in [6.45, 7) is 1.84. The molecule has 0 fully saturated rings. The standard InChI is InChI=1S/C8H9N5O/c1-5-2-6(9)12-13(5)7-3-8(14)11-4-10-7/h2-4H,1H3,(H2,9,12)(H,10,11,14). The lowest BCUT2D eigenvalue weighted by Crippen LogP contribution is -2.10. The third-order valence-electron chi connectivity index (χ3n) is 1.79. The van der Waals surface area contributed by atoms with Crippen LogP contribution >= 0.6 is 0 Å². The van der Waals surface area contributed by atoms with Gasteiger partial charge >= 0.3 is 0 Å². The Balaban J connectivity index is 2.59. The van der Waals surface area contributed by atoms with Crippen molar-refractivity contribution in [2.24, 2.45) is 0 Å². The van der Waals surface area contributed by atoms with E-state index in [1.807, 2.05) is 6.92 Å². The molecule has 2 rings (SSSR count). The van der Waals surface area contributed by atoms with E-state index in [0.29, 0.717) is 11.6 Å². The Bertz CT molecular complexity index is 512. The number of nitrogens with zero attached hydrogens (tertiary/aromatic N) is 3. The van der Waals surface area contributed by atoms with Crippen LogP contribution in [0.2, 0.25) is 0 Å². The second-order valence-corrected chi connectivity index (χ2v) is 2.89. The van der Waals surface area contributed by atoms with Crippen LogP contribution in [-0.4, -0.2) is 19.7 Å². The maximum absolute atomic E-state index is 11.0. The Morgan fingerprint density at radius 3 is 2.86 bits per heavy atom. The van der Waals surface area contributed by atoms with E-state index >= 15 is 0 Å². The fraction of sp³-hybridized carbons (Fsp3) is 0.125. The van der Waals surface area contributed by atoms with Crippen LogP contribution in [-0.2, 0) is 0 Å². The summed E-state index contributed by atoms with van der Waals surface area (Å²) < 4.78 is 1.52. The minimum Gasteiger partial charge on any atom is -0.382 e. The average Bonchev–Trinajstić information content (AvgIpc) is 2.45. The smallest absolute Gasteiger partial charge is 0.252 e. The van der Waals surface area contributed by atoms with Crippen molar-refractivity contribution in [3.8, 4) is 5.82 Å². The van der Waals surface area contributed by atoms with Gasteiger partial charge in [0.2, 0.25) is 0 Å². The largest absolute Gasteiger partial charge is 0.382 e. The van der Waals surface area contributed by atoms with Crippen LogP contribution in [0.3, 0.4) is 0 Å². The van der Waals surface area contributed by atoms with E-state index in [1.54, 1.807) is 6.07 Å². The SMILES string of the molecule is Cc1cc(N)nn1-c1cc(=O)[nH]cn1. The first kappa shape index (κ1) is 8.49. The first-order valence-corrected chi connectivity index (χ1v) is 4.04. The Labute approximate surface area is 79.4 Å². The number of rotatable bonds is 1. The fourth-order valence-electron chi connectivity index (χ4n) is 1.20. The number of H-pyrrole nitrogens is 1. The van der Waals surface area contributed by atoms with Gasteiger partial charge in [0.05, 0.1) is 6.33 Å². The van der Waals surface area contributed by atoms with Gasteiger partial charge in [-0.25, -0.2) is 9.67 Å². The first-order chi connectivity index (χ1) is 6.66. The van der Waals surface area contributed by atoms with Gasteiger partial charge in [-0.2, -0.15) is 0 Å². The van der Waals surface area contributed by atoms with Crippen LogP contribution in [0.15, 0.2) is 23.3 Å². The average molecular weight is 191 g/mol. The lowest BCUT2D eigenvalue weighted by molar-refractivity contribution is 0.811. The molecule has 6 heteroatoms. The highest BCUT2D eigenvalue weighted by Crippen LogP contribution is 2.08. The van der Waals surface area contributed by atoms with E-state index in [-0.39, 0.29) is 5.56 Å². The minimum absolute atomic E-state index is 0.219. The zero-order valence-corrected chi connectivity index (χ0v) is 7.56. The number of aromatic nitrogens is 4. The Morgan fingerprint density at radius 1 is 1.50 bits per heavy atom. The van der Waals surface area contributed by atoms with Crippen molar-refractivity contribution in [3.05, 3.63) is 34.5 Å². The van der Waals surface area contributed by atoms with Crippen molar-refractivity contribution in [2.75, 3.05) is 5.73 Å². The molecule has 2 aromatic heterocycles. The van der Waals surface area contributed by atoms with Crippen molar-refractivity contribution in [1.82, 2.24) is 19.7 Å². The van der Waals surface area contributed by atoms with Crippen LogP contribution in [0.1, 0.15) is 5.69 Å². The van der Waals surface area contributed by atoms with Gasteiger partial charge in [0.25, 0.3) is 5.56 Å². The molecule has 0 saturated carbocycles. The van der Waals surface area contributed by atoms with Gasteiger partial charge in [0.1, 0.15) is 5.82 Å². The van der Waals surface area contributed by atoms with Crippen molar-refractivity contribution < 1.29 is 0 Å². The molecule has 0 aromatic carbocycles. The van der Waals surface area contributed by atoms with Crippen LogP contribution in [0.5, 0.6) is 0 Å². The summed E-state index contributed by atoms with van der Waals surface area (Å²) in [7, 11) is 0. The molecule has 0 bridgehead atoms. The number of aromatic amines is 1. The monoisotopic (exact) mass is 191 g/mol. The molecule has 3 N–H and O–H groups in total. The molecule has 14 heavy (non-hydrogen) atoms. The van der Waals surface area contributed by atoms with E-state index in [1.165, 1.54) is 17.1 Å². The molecule has 0 amide bonds. The van der Waals surface area contributed by atoms with Gasteiger partial charge in [-0.3, -0.25) is 4.79 Å². The Hall–Kier alpha value is -2.11. The first-order valence-electron chi connectivity index (χ1n) is 4.04. The highest BCUT2D eigenvalue weighted by Gasteiger charge is 2.04. The van der Waals surface area contributed by atoms with Crippen molar-refractivity contribution >= 4 is 5.82 Å². The maximum Gasteiger partial charge on any atom is 0.252 e. The second kappa shape index (κ2) is 2.99. The van der Waals surface area contributed by atoms with Gasteiger partial charge < -0.3 is 10.7 Å². The van der Waals surface area contributed by atoms with Gasteiger partial charge in [-0.1, -0.05) is 0 Å². The molecule has 0 aliphatic rings. The molecule has 2 heterocycles. The number of nitrogen functional groups attached to an aromatic ring is 1. The summed E-state index contributed by atoms with van der Waals surface area (Å²) in [5.74, 6) is 0.868. The van der Waals surface area contributed by atoms with Gasteiger partial charge in [0.15, 0.2) is 5.82 Å². The predicted octanol–water partition coefficient (Wildman–Crippen LogP) is -0.154. The number of hydrogen-bond acceptors (Lipinski definition) is 4. The van der Waals surface area contributed by atoms with Crippen LogP contribution in [0.4, 0.5) is 5.82 Å². The van der Waals surface area contributed by atoms with Crippen molar-refractivity contribution in [2.45, 2.75) is 6.92 Å². The Morgan fingerprint density at radius 2 is 2.29 bits per heavy atom. The van der Waals surface area contributed by atoms with Crippen LogP contribution in [0, 0.1) is 6.92 Å². The van der Waals surface area contributed by atoms with Crippen molar-refractivity contribution in [1.29, 1.82) is 0 Å². The zero-order chi connectivity index (χ0) is 10.1. The molecule has 0 spiro atoms. The summed E-state index contributed by atoms with van der Waals surface area (Å²) in [5.41, 5.74) is 6.12. The highest BCUT2D eigenvalue weighted by atomic mass is 16.1. The molecule has 0 unspecified atom stereocenters. The lowest BCUT2D eigenvalue weighted by atomic mass is 10.4. The third-order valence-corrected chi connectivity index (χ3v) is 1.79. The number of nitrogens with one attached hydrogen (secondary N) is 1. The van der Waals surface area contributed by atoms with E-state index in [9.17, 15) is 4.79 Å². The predicted molar refractivity (Wildman–Crippen MR) is 51.1 cm³/mol. The topological polar surface area (TPSA) is 89.6 Å². The molecule has 0 aliphatic carbocycles. The van der Waals surface area contributed by atoms with E-state index < -0.39 is 0 Å². The lowest BCUT2D eigenvalue weighted by Gasteiger charge is -2.00. The number of nitrogens with two attached hydrogens (primary N) is 1. The summed E-state index contributed by atoms with van der Waals surface area (Å²) in [4.78, 5) is 17.4. The summed E-state index contributed by atoms with van der Waals surface area (Å²) >= 11 is 0. The highest BCUT2D eigenvalue weighted by molar-refractivity contribution is 5.33. The Kier molecular flexibility index (Phi) is 1.81. The summed E-state index contributed by atoms with van der Waals surface area (Å²) in [6, 6.07) is 3.07. The van der Waals surface area contributed by atoms with Crippen LogP contribution in [0.25, 0.3) is 5.82 Å². The summed E-state index contributed by atoms with van der Waals surface area (Å²) in [6.07, 6.45) is 1.33. The molecular weight excluding hydrogens is 182 g/mol. The van der Waals surface area contributed by atoms with E-state index in [2.05, 4.69) is 15.1 Å².